The van der Waals surface area contributed by atoms with E-state index < -0.39 is 39.5 Å². The number of ether oxygens (including phenoxy) is 3. The first-order valence-corrected chi connectivity index (χ1v) is 29.9. The van der Waals surface area contributed by atoms with Crippen LogP contribution in [0.5, 0.6) is 17.2 Å². The molecule has 0 amide bonds. The number of nitrogens with zero attached hydrogens (tertiary/aromatic N) is 9. The largest absolute Gasteiger partial charge is 0.422 e. The van der Waals surface area contributed by atoms with E-state index in [9.17, 15) is 28.1 Å². The van der Waals surface area contributed by atoms with E-state index in [1.807, 2.05) is 63.2 Å². The molecule has 0 aliphatic carbocycles. The number of rotatable bonds is 15. The fourth-order valence-corrected chi connectivity index (χ4v) is 12.5. The Labute approximate surface area is 457 Å². The molecule has 0 bridgehead atoms. The van der Waals surface area contributed by atoms with Crippen LogP contribution in [0, 0.1) is 20.8 Å². The number of aryl methyl sites for hydroxylation is 3. The van der Waals surface area contributed by atoms with Gasteiger partial charge in [-0.2, -0.15) is 15.0 Å². The van der Waals surface area contributed by atoms with Gasteiger partial charge in [-0.25, -0.2) is 28.6 Å². The summed E-state index contributed by atoms with van der Waals surface area (Å²) in [5.41, 5.74) is 22.8. The van der Waals surface area contributed by atoms with E-state index >= 15 is 0 Å². The van der Waals surface area contributed by atoms with Crippen LogP contribution < -0.4 is 47.5 Å². The topological polar surface area (TPSA) is 403 Å². The molecule has 0 saturated carbocycles. The molecule has 30 nitrogen and oxygen atoms in total. The van der Waals surface area contributed by atoms with E-state index in [4.69, 9.17) is 58.6 Å². The number of benzene rings is 3. The molecule has 3 unspecified atom stereocenters. The average Bonchev–Trinajstić information content (AvgIpc) is 4.20. The molecule has 12 rings (SSSR count). The quantitative estimate of drug-likeness (QED) is 0.0555. The SMILES string of the molecule is Cc1ccc2c(c1)COP(=O)(COCCn1cnc3c(=O)[nH]c(N)nc31)O2.Cc1ccc2c(c1)COP(=O)(COCCn1cnc3c(=O)[nH]c(N)nc31)O2.Cc1cccc2c1OP(=O)(COCCn1cnc3c(=O)[nH]c(N)nc31)OC2. The number of anilines is 3. The fraction of sp³-hybridized carbons (Fsp3) is 0.312. The fourth-order valence-electron chi connectivity index (χ4n) is 8.41. The zero-order valence-corrected chi connectivity index (χ0v) is 46.3. The molecule has 3 atom stereocenters. The highest BCUT2D eigenvalue weighted by Gasteiger charge is 2.35. The van der Waals surface area contributed by atoms with Gasteiger partial charge in [-0.1, -0.05) is 53.6 Å². The highest BCUT2D eigenvalue weighted by Crippen LogP contribution is 2.56. The van der Waals surface area contributed by atoms with Crippen LogP contribution in [-0.2, 0) is 80.9 Å². The third kappa shape index (κ3) is 13.1. The Bertz CT molecular complexity index is 3980. The molecule has 426 valence electrons. The molecule has 9 N–H and O–H groups in total. The minimum atomic E-state index is -3.38. The van der Waals surface area contributed by atoms with Crippen molar-refractivity contribution in [1.29, 1.82) is 0 Å². The molecular formula is C48H54N15O15P3. The maximum absolute atomic E-state index is 12.7. The summed E-state index contributed by atoms with van der Waals surface area (Å²) in [5.74, 6) is 1.74. The number of para-hydroxylation sites is 1. The minimum Gasteiger partial charge on any atom is -0.422 e. The molecule has 0 spiro atoms. The normalized spacial score (nSPS) is 19.0. The summed E-state index contributed by atoms with van der Waals surface area (Å²) in [6.45, 7) is 8.14. The van der Waals surface area contributed by atoms with E-state index in [2.05, 4.69) is 44.9 Å². The molecule has 3 aliphatic rings. The van der Waals surface area contributed by atoms with E-state index in [0.717, 1.165) is 33.4 Å². The molecular weight excluding hydrogens is 1120 g/mol. The lowest BCUT2D eigenvalue weighted by molar-refractivity contribution is 0.132. The van der Waals surface area contributed by atoms with Crippen molar-refractivity contribution in [3.63, 3.8) is 0 Å². The van der Waals surface area contributed by atoms with Crippen molar-refractivity contribution >= 4 is 74.1 Å². The monoisotopic (exact) mass is 1170 g/mol. The second kappa shape index (κ2) is 23.6. The van der Waals surface area contributed by atoms with Crippen molar-refractivity contribution in [1.82, 2.24) is 58.6 Å². The number of hydrogen-bond donors (Lipinski definition) is 6. The Morgan fingerprint density at radius 2 is 0.889 bits per heavy atom. The van der Waals surface area contributed by atoms with Crippen molar-refractivity contribution in [3.8, 4) is 17.2 Å². The van der Waals surface area contributed by atoms with Gasteiger partial charge < -0.3 is 58.7 Å². The van der Waals surface area contributed by atoms with Gasteiger partial charge in [0, 0.05) is 36.3 Å². The zero-order valence-electron chi connectivity index (χ0n) is 43.6. The lowest BCUT2D eigenvalue weighted by Crippen LogP contribution is -2.15. The van der Waals surface area contributed by atoms with Gasteiger partial charge >= 0.3 is 22.8 Å². The van der Waals surface area contributed by atoms with Gasteiger partial charge in [-0.15, -0.1) is 0 Å². The molecule has 6 aromatic heterocycles. The summed E-state index contributed by atoms with van der Waals surface area (Å²) in [5, 5.41) is 0. The van der Waals surface area contributed by atoms with Crippen molar-refractivity contribution < 1.29 is 55.0 Å². The molecule has 0 fully saturated rings. The van der Waals surface area contributed by atoms with E-state index in [-0.39, 0.29) is 93.1 Å². The number of nitrogens with two attached hydrogens (primary N) is 3. The van der Waals surface area contributed by atoms with Gasteiger partial charge in [0.15, 0.2) is 52.5 Å². The van der Waals surface area contributed by atoms with Crippen LogP contribution in [0.4, 0.5) is 17.8 Å². The van der Waals surface area contributed by atoms with Gasteiger partial charge in [0.2, 0.25) is 17.8 Å². The van der Waals surface area contributed by atoms with E-state index in [1.54, 1.807) is 25.8 Å². The zero-order chi connectivity index (χ0) is 57.1. The maximum Gasteiger partial charge on any atom is 0.405 e. The van der Waals surface area contributed by atoms with Crippen molar-refractivity contribution in [2.75, 3.05) is 56.1 Å². The van der Waals surface area contributed by atoms with Crippen LogP contribution in [0.1, 0.15) is 33.4 Å². The van der Waals surface area contributed by atoms with Gasteiger partial charge in [0.25, 0.3) is 16.7 Å². The standard InChI is InChI=1S/3C16H18N5O5P/c2*1-10-2-3-12-11(6-10)7-25-27(23,26-12)9-24-5-4-21-8-18-13-14(21)19-16(17)20-15(13)22;1-10-3-2-4-11-7-25-27(23,26-13(10)11)9-24-6-5-21-8-18-12-14(21)19-16(17)20-15(12)22/h2*2-3,6,8H,4-5,7,9H2,1H3,(H3,17,19,20,22);2-4,8H,5-7,9H2,1H3,(H3,17,19,20,22). The Hall–Kier alpha value is -8.04. The Morgan fingerprint density at radius 1 is 0.519 bits per heavy atom. The Kier molecular flexibility index (Phi) is 16.4. The highest BCUT2D eigenvalue weighted by molar-refractivity contribution is 7.54. The smallest absolute Gasteiger partial charge is 0.405 e. The van der Waals surface area contributed by atoms with Crippen molar-refractivity contribution in [2.24, 2.45) is 0 Å². The summed E-state index contributed by atoms with van der Waals surface area (Å²) in [7, 11) is -10.1. The van der Waals surface area contributed by atoms with Crippen LogP contribution in [0.3, 0.4) is 0 Å². The Morgan fingerprint density at radius 3 is 1.28 bits per heavy atom. The van der Waals surface area contributed by atoms with Gasteiger partial charge in [0.1, 0.15) is 17.2 Å². The molecule has 33 heteroatoms. The second-order valence-corrected chi connectivity index (χ2v) is 24.3. The van der Waals surface area contributed by atoms with Crippen LogP contribution in [0.15, 0.2) is 88.0 Å². The van der Waals surface area contributed by atoms with Crippen LogP contribution in [0.25, 0.3) is 33.5 Å². The molecule has 0 radical (unpaired) electrons. The molecule has 9 heterocycles. The summed E-state index contributed by atoms with van der Waals surface area (Å²) < 4.78 is 92.4. The third-order valence-electron chi connectivity index (χ3n) is 12.3. The van der Waals surface area contributed by atoms with Gasteiger partial charge in [-0.05, 0) is 38.5 Å². The third-order valence-corrected chi connectivity index (χ3v) is 16.8. The number of aromatic amines is 3. The molecule has 3 aliphatic heterocycles. The van der Waals surface area contributed by atoms with Crippen molar-refractivity contribution in [2.45, 2.75) is 60.2 Å². The van der Waals surface area contributed by atoms with Crippen LogP contribution >= 0.6 is 22.8 Å². The molecule has 9 aromatic rings. The molecule has 3 aromatic carbocycles. The van der Waals surface area contributed by atoms with Gasteiger partial charge in [0.05, 0.1) is 58.6 Å². The Balaban J connectivity index is 0.000000136. The van der Waals surface area contributed by atoms with Gasteiger partial charge in [-0.3, -0.25) is 42.9 Å². The number of H-pyrrole nitrogens is 3. The summed E-state index contributed by atoms with van der Waals surface area (Å²) in [4.78, 5) is 66.7. The van der Waals surface area contributed by atoms with Crippen molar-refractivity contribution in [3.05, 3.63) is 138 Å². The lowest BCUT2D eigenvalue weighted by atomic mass is 10.1. The summed E-state index contributed by atoms with van der Waals surface area (Å²) in [6.07, 6.45) is 3.90. The number of hydrogen-bond acceptors (Lipinski definition) is 24. The van der Waals surface area contributed by atoms with Crippen LogP contribution in [-0.4, -0.2) is 97.4 Å². The van der Waals surface area contributed by atoms with E-state index in [0.29, 0.717) is 53.8 Å². The van der Waals surface area contributed by atoms with E-state index in [1.165, 1.54) is 19.0 Å². The molecule has 0 saturated heterocycles. The average molecular weight is 1170 g/mol. The summed E-state index contributed by atoms with van der Waals surface area (Å²) in [6, 6.07) is 16.9. The number of aromatic nitrogens is 12. The highest BCUT2D eigenvalue weighted by atomic mass is 31.2. The first-order valence-electron chi connectivity index (χ1n) is 24.7. The number of fused-ring (bicyclic) bond motifs is 6. The molecule has 81 heavy (non-hydrogen) atoms. The second-order valence-electron chi connectivity index (χ2n) is 18.5. The maximum atomic E-state index is 12.7. The first kappa shape index (κ1) is 56.2. The predicted octanol–water partition coefficient (Wildman–Crippen LogP) is 5.36. The first-order chi connectivity index (χ1) is 38.8. The summed E-state index contributed by atoms with van der Waals surface area (Å²) >= 11 is 0. The lowest BCUT2D eigenvalue weighted by Gasteiger charge is -2.26. The predicted molar refractivity (Wildman–Crippen MR) is 293 cm³/mol. The minimum absolute atomic E-state index is 0.0116. The number of nitrogens with one attached hydrogen (secondary N) is 3. The van der Waals surface area contributed by atoms with Crippen LogP contribution in [0.2, 0.25) is 0 Å². The number of imidazole rings is 3. The number of nitrogen functional groups attached to an aromatic ring is 3.